The minimum Gasteiger partial charge on any atom is -0.454 e. The molecule has 0 aliphatic carbocycles. The third-order valence-corrected chi connectivity index (χ3v) is 7.34. The summed E-state index contributed by atoms with van der Waals surface area (Å²) < 4.78 is 10.9. The first-order valence-electron chi connectivity index (χ1n) is 12.8. The minimum absolute atomic E-state index is 0.00904. The molecule has 8 nitrogen and oxygen atoms in total. The van der Waals surface area contributed by atoms with Crippen LogP contribution >= 0.6 is 0 Å². The summed E-state index contributed by atoms with van der Waals surface area (Å²) in [6.07, 6.45) is 1.92. The molecule has 3 aliphatic rings. The number of amides is 1. The molecule has 0 radical (unpaired) electrons. The van der Waals surface area contributed by atoms with Crippen molar-refractivity contribution in [3.05, 3.63) is 66.2 Å². The molecule has 1 amide bonds. The number of carbonyl (C=O) groups is 1. The van der Waals surface area contributed by atoms with Gasteiger partial charge in [0.2, 0.25) is 12.7 Å². The average Bonchev–Trinajstić information content (AvgIpc) is 3.42. The number of nitrogens with zero attached hydrogens (tertiary/aromatic N) is 5. The Morgan fingerprint density at radius 3 is 2.53 bits per heavy atom. The molecule has 0 unspecified atom stereocenters. The summed E-state index contributed by atoms with van der Waals surface area (Å²) in [7, 11) is 0. The van der Waals surface area contributed by atoms with Gasteiger partial charge in [0.1, 0.15) is 0 Å². The average molecular weight is 486 g/mol. The molecule has 1 aromatic heterocycles. The lowest BCUT2D eigenvalue weighted by Gasteiger charge is -2.39. The molecule has 0 bridgehead atoms. The maximum Gasteiger partial charge on any atom is 0.231 e. The Balaban J connectivity index is 1.02. The van der Waals surface area contributed by atoms with Crippen LogP contribution in [0.1, 0.15) is 18.4 Å². The number of hydrogen-bond acceptors (Lipinski definition) is 7. The number of piperazine rings is 1. The molecule has 2 aromatic carbocycles. The van der Waals surface area contributed by atoms with Crippen LogP contribution < -0.4 is 14.4 Å². The normalized spacial score (nSPS) is 19.9. The molecule has 186 valence electrons. The van der Waals surface area contributed by atoms with Gasteiger partial charge in [-0.05, 0) is 42.7 Å². The number of benzene rings is 2. The summed E-state index contributed by atoms with van der Waals surface area (Å²) in [6, 6.07) is 20.2. The molecule has 3 aromatic rings. The molecule has 6 rings (SSSR count). The molecule has 36 heavy (non-hydrogen) atoms. The van der Waals surface area contributed by atoms with Gasteiger partial charge in [-0.15, -0.1) is 10.2 Å². The standard InChI is InChI=1S/C28H31N5O3/c34-28(32-15-13-31(14-16-32)18-21-8-10-25-26(17-21)36-20-35-25)23-7-4-12-33(19-23)27-11-9-24(29-30-27)22-5-2-1-3-6-22/h1-3,5-6,8-11,17,23H,4,7,12-16,18-20H2/t23-/m1/s1. The molecule has 0 N–H and O–H groups in total. The highest BCUT2D eigenvalue weighted by Gasteiger charge is 2.31. The van der Waals surface area contributed by atoms with E-state index in [2.05, 4.69) is 37.0 Å². The zero-order chi connectivity index (χ0) is 24.3. The van der Waals surface area contributed by atoms with E-state index in [9.17, 15) is 4.79 Å². The van der Waals surface area contributed by atoms with Crippen molar-refractivity contribution in [2.75, 3.05) is 51.0 Å². The molecule has 0 spiro atoms. The molecule has 2 saturated heterocycles. The zero-order valence-electron chi connectivity index (χ0n) is 20.4. The van der Waals surface area contributed by atoms with E-state index in [0.717, 1.165) is 80.7 Å². The van der Waals surface area contributed by atoms with E-state index >= 15 is 0 Å². The van der Waals surface area contributed by atoms with E-state index in [1.807, 2.05) is 48.5 Å². The monoisotopic (exact) mass is 485 g/mol. The van der Waals surface area contributed by atoms with Gasteiger partial charge in [0, 0.05) is 51.4 Å². The maximum absolute atomic E-state index is 13.4. The highest BCUT2D eigenvalue weighted by atomic mass is 16.7. The first kappa shape index (κ1) is 22.8. The van der Waals surface area contributed by atoms with E-state index in [4.69, 9.17) is 9.47 Å². The third-order valence-electron chi connectivity index (χ3n) is 7.34. The number of fused-ring (bicyclic) bond motifs is 1. The third kappa shape index (κ3) is 4.86. The van der Waals surface area contributed by atoms with E-state index < -0.39 is 0 Å². The summed E-state index contributed by atoms with van der Waals surface area (Å²) in [5.41, 5.74) is 3.13. The van der Waals surface area contributed by atoms with Gasteiger partial charge in [-0.1, -0.05) is 36.4 Å². The highest BCUT2D eigenvalue weighted by molar-refractivity contribution is 5.80. The van der Waals surface area contributed by atoms with Gasteiger partial charge in [0.25, 0.3) is 0 Å². The largest absolute Gasteiger partial charge is 0.454 e. The predicted octanol–water partition coefficient (Wildman–Crippen LogP) is 3.43. The van der Waals surface area contributed by atoms with Crippen molar-refractivity contribution >= 4 is 11.7 Å². The Morgan fingerprint density at radius 2 is 1.72 bits per heavy atom. The van der Waals surface area contributed by atoms with E-state index in [-0.39, 0.29) is 11.8 Å². The van der Waals surface area contributed by atoms with Crippen molar-refractivity contribution in [2.45, 2.75) is 19.4 Å². The second-order valence-electron chi connectivity index (χ2n) is 9.72. The van der Waals surface area contributed by atoms with Crippen LogP contribution in [-0.4, -0.2) is 72.0 Å². The smallest absolute Gasteiger partial charge is 0.231 e. The number of anilines is 1. The molecule has 3 aliphatic heterocycles. The summed E-state index contributed by atoms with van der Waals surface area (Å²) in [4.78, 5) is 20.0. The van der Waals surface area contributed by atoms with Crippen molar-refractivity contribution in [1.29, 1.82) is 0 Å². The number of carbonyl (C=O) groups excluding carboxylic acids is 1. The van der Waals surface area contributed by atoms with Crippen LogP contribution in [0.4, 0.5) is 5.82 Å². The molecule has 4 heterocycles. The Labute approximate surface area is 211 Å². The van der Waals surface area contributed by atoms with Crippen molar-refractivity contribution in [1.82, 2.24) is 20.0 Å². The van der Waals surface area contributed by atoms with Gasteiger partial charge in [0.15, 0.2) is 17.3 Å². The second-order valence-corrected chi connectivity index (χ2v) is 9.72. The first-order chi connectivity index (χ1) is 17.7. The molecule has 2 fully saturated rings. The Kier molecular flexibility index (Phi) is 6.42. The number of ether oxygens (including phenoxy) is 2. The van der Waals surface area contributed by atoms with Gasteiger partial charge in [0.05, 0.1) is 11.6 Å². The Hall–Kier alpha value is -3.65. The van der Waals surface area contributed by atoms with Gasteiger partial charge < -0.3 is 19.3 Å². The van der Waals surface area contributed by atoms with Crippen molar-refractivity contribution < 1.29 is 14.3 Å². The molecular weight excluding hydrogens is 454 g/mol. The van der Waals surface area contributed by atoms with E-state index in [0.29, 0.717) is 13.3 Å². The molecule has 0 saturated carbocycles. The lowest BCUT2D eigenvalue weighted by Crippen LogP contribution is -2.52. The fourth-order valence-electron chi connectivity index (χ4n) is 5.33. The van der Waals surface area contributed by atoms with Gasteiger partial charge in [-0.2, -0.15) is 0 Å². The number of piperidine rings is 1. The fourth-order valence-corrected chi connectivity index (χ4v) is 5.33. The zero-order valence-corrected chi connectivity index (χ0v) is 20.4. The topological polar surface area (TPSA) is 71.0 Å². The van der Waals surface area contributed by atoms with E-state index in [1.54, 1.807) is 0 Å². The molecule has 8 heteroatoms. The van der Waals surface area contributed by atoms with Gasteiger partial charge in [-0.3, -0.25) is 9.69 Å². The summed E-state index contributed by atoms with van der Waals surface area (Å²) in [6.45, 7) is 6.06. The second kappa shape index (κ2) is 10.1. The Morgan fingerprint density at radius 1 is 0.889 bits per heavy atom. The van der Waals surface area contributed by atoms with Crippen molar-refractivity contribution in [3.63, 3.8) is 0 Å². The predicted molar refractivity (Wildman–Crippen MR) is 137 cm³/mol. The first-order valence-corrected chi connectivity index (χ1v) is 12.8. The van der Waals surface area contributed by atoms with Crippen LogP contribution in [0.5, 0.6) is 11.5 Å². The fraction of sp³-hybridized carbons (Fsp3) is 0.393. The SMILES string of the molecule is O=C([C@@H]1CCCN(c2ccc(-c3ccccc3)nn2)C1)N1CCN(Cc2ccc3c(c2)OCO3)CC1. The van der Waals surface area contributed by atoms with Gasteiger partial charge >= 0.3 is 0 Å². The van der Waals surface area contributed by atoms with E-state index in [1.165, 1.54) is 5.56 Å². The molecular formula is C28H31N5O3. The quantitative estimate of drug-likeness (QED) is 0.548. The van der Waals surface area contributed by atoms with Crippen LogP contribution in [0, 0.1) is 5.92 Å². The van der Waals surface area contributed by atoms with Crippen LogP contribution in [0.3, 0.4) is 0 Å². The molecule has 1 atom stereocenters. The maximum atomic E-state index is 13.4. The van der Waals surface area contributed by atoms with Crippen molar-refractivity contribution in [3.8, 4) is 22.8 Å². The number of rotatable bonds is 5. The summed E-state index contributed by atoms with van der Waals surface area (Å²) in [5.74, 6) is 2.77. The highest BCUT2D eigenvalue weighted by Crippen LogP contribution is 2.33. The summed E-state index contributed by atoms with van der Waals surface area (Å²) in [5, 5.41) is 8.92. The van der Waals surface area contributed by atoms with Crippen LogP contribution in [0.25, 0.3) is 11.3 Å². The van der Waals surface area contributed by atoms with Crippen LogP contribution in [0.2, 0.25) is 0 Å². The van der Waals surface area contributed by atoms with Gasteiger partial charge in [-0.25, -0.2) is 0 Å². The van der Waals surface area contributed by atoms with Crippen LogP contribution in [0.15, 0.2) is 60.7 Å². The number of aromatic nitrogens is 2. The van der Waals surface area contributed by atoms with Crippen LogP contribution in [-0.2, 0) is 11.3 Å². The lowest BCUT2D eigenvalue weighted by atomic mass is 9.96. The lowest BCUT2D eigenvalue weighted by molar-refractivity contribution is -0.137. The number of hydrogen-bond donors (Lipinski definition) is 0. The van der Waals surface area contributed by atoms with Crippen molar-refractivity contribution in [2.24, 2.45) is 5.92 Å². The Bertz CT molecular complexity index is 1200. The summed E-state index contributed by atoms with van der Waals surface area (Å²) >= 11 is 0. The minimum atomic E-state index is 0.00904.